The molecule has 2 unspecified atom stereocenters. The van der Waals surface area contributed by atoms with Crippen molar-refractivity contribution in [2.45, 2.75) is 219 Å². The van der Waals surface area contributed by atoms with Crippen LogP contribution in [0.3, 0.4) is 0 Å². The smallest absolute Gasteiger partial charge is 0.457 e. The van der Waals surface area contributed by atoms with Gasteiger partial charge in [-0.15, -0.1) is 0 Å². The fourth-order valence-electron chi connectivity index (χ4n) is 6.93. The number of carbonyl (C=O) groups excluding carboxylic acids is 1. The molecule has 9 heteroatoms. The van der Waals surface area contributed by atoms with Gasteiger partial charge < -0.3 is 18.9 Å². The molecule has 0 aromatic carbocycles. The van der Waals surface area contributed by atoms with E-state index in [2.05, 4.69) is 74.6 Å². The second-order valence-corrected chi connectivity index (χ2v) is 19.6. The standard InChI is InChI=1S/C53H98NO7P/c1-6-8-10-12-14-16-18-20-22-24-25-26-27-28-29-30-32-34-36-38-40-42-44-46-53(55)61-52(51-60-62(56,57)59-49-47-54(3,4)5)50-58-48-45-43-41-39-37-35-33-31-23-21-19-17-15-13-11-9-7-2/h8,10,14,16,20,22,25-26,28-29,52H,6-7,9,11-13,15,17-19,21,23-24,27,30-51H2,1-5H3/p+1/b10-8-,16-14-,22-20-,26-25-,29-28-. The highest BCUT2D eigenvalue weighted by atomic mass is 31.2. The van der Waals surface area contributed by atoms with E-state index in [-0.39, 0.29) is 25.8 Å². The van der Waals surface area contributed by atoms with Gasteiger partial charge in [-0.05, 0) is 57.8 Å². The predicted octanol–water partition coefficient (Wildman–Crippen LogP) is 15.7. The first-order chi connectivity index (χ1) is 30.1. The van der Waals surface area contributed by atoms with Crippen LogP contribution in [0, 0.1) is 0 Å². The van der Waals surface area contributed by atoms with E-state index in [0.29, 0.717) is 24.1 Å². The van der Waals surface area contributed by atoms with Gasteiger partial charge in [0, 0.05) is 13.0 Å². The molecule has 0 aliphatic heterocycles. The lowest BCUT2D eigenvalue weighted by molar-refractivity contribution is -0.870. The van der Waals surface area contributed by atoms with Gasteiger partial charge >= 0.3 is 13.8 Å². The zero-order valence-electron chi connectivity index (χ0n) is 41.1. The van der Waals surface area contributed by atoms with Crippen molar-refractivity contribution in [2.75, 3.05) is 54.1 Å². The Bertz CT molecular complexity index is 1170. The van der Waals surface area contributed by atoms with Crippen LogP contribution in [0.2, 0.25) is 0 Å². The van der Waals surface area contributed by atoms with Crippen LogP contribution in [-0.4, -0.2) is 75.6 Å². The Labute approximate surface area is 383 Å². The third-order valence-corrected chi connectivity index (χ3v) is 11.8. The first kappa shape index (κ1) is 60.2. The van der Waals surface area contributed by atoms with E-state index in [0.717, 1.165) is 70.6 Å². The maximum Gasteiger partial charge on any atom is 0.472 e. The van der Waals surface area contributed by atoms with Gasteiger partial charge in [0.1, 0.15) is 19.3 Å². The van der Waals surface area contributed by atoms with Crippen molar-refractivity contribution >= 4 is 13.8 Å². The molecule has 1 N–H and O–H groups in total. The van der Waals surface area contributed by atoms with E-state index in [1.165, 1.54) is 122 Å². The van der Waals surface area contributed by atoms with E-state index in [1.807, 2.05) is 21.1 Å². The van der Waals surface area contributed by atoms with Crippen LogP contribution < -0.4 is 0 Å². The van der Waals surface area contributed by atoms with Crippen molar-refractivity contribution in [1.29, 1.82) is 0 Å². The zero-order valence-corrected chi connectivity index (χ0v) is 42.0. The topological polar surface area (TPSA) is 91.3 Å². The van der Waals surface area contributed by atoms with Crippen molar-refractivity contribution in [2.24, 2.45) is 0 Å². The number of ether oxygens (including phenoxy) is 2. The molecular weight excluding hydrogens is 794 g/mol. The van der Waals surface area contributed by atoms with Crippen molar-refractivity contribution in [3.05, 3.63) is 60.8 Å². The summed E-state index contributed by atoms with van der Waals surface area (Å²) in [6, 6.07) is 0. The minimum Gasteiger partial charge on any atom is -0.457 e. The Kier molecular flexibility index (Phi) is 44.4. The van der Waals surface area contributed by atoms with Gasteiger partial charge in [-0.1, -0.05) is 209 Å². The van der Waals surface area contributed by atoms with Crippen molar-refractivity contribution < 1.29 is 37.3 Å². The molecule has 2 atom stereocenters. The van der Waals surface area contributed by atoms with Gasteiger partial charge in [-0.25, -0.2) is 4.57 Å². The third-order valence-electron chi connectivity index (χ3n) is 10.8. The number of hydrogen-bond donors (Lipinski definition) is 1. The SMILES string of the molecule is CC/C=C\C/C=C\C/C=C\C/C=C\C/C=C\CCCCCCCCCC(=O)OC(COCCCCCCCCCCCCCCCCCCC)COP(=O)(O)OCC[N+](C)(C)C. The summed E-state index contributed by atoms with van der Waals surface area (Å²) in [5, 5.41) is 0. The Hall–Kier alpha value is -1.80. The monoisotopic (exact) mass is 893 g/mol. The molecule has 362 valence electrons. The summed E-state index contributed by atoms with van der Waals surface area (Å²) in [7, 11) is 1.66. The molecule has 0 rings (SSSR count). The van der Waals surface area contributed by atoms with Crippen molar-refractivity contribution in [1.82, 2.24) is 0 Å². The van der Waals surface area contributed by atoms with Crippen molar-refractivity contribution in [3.8, 4) is 0 Å². The summed E-state index contributed by atoms with van der Waals surface area (Å²) in [6.07, 6.45) is 58.3. The maximum atomic E-state index is 12.8. The summed E-state index contributed by atoms with van der Waals surface area (Å²) >= 11 is 0. The second-order valence-electron chi connectivity index (χ2n) is 18.2. The number of phosphoric acid groups is 1. The largest absolute Gasteiger partial charge is 0.472 e. The number of carbonyl (C=O) groups is 1. The molecule has 0 radical (unpaired) electrons. The highest BCUT2D eigenvalue weighted by Crippen LogP contribution is 2.43. The Morgan fingerprint density at radius 3 is 1.40 bits per heavy atom. The first-order valence-corrected chi connectivity index (χ1v) is 27.0. The summed E-state index contributed by atoms with van der Waals surface area (Å²) < 4.78 is 35.1. The van der Waals surface area contributed by atoms with Crippen LogP contribution >= 0.6 is 7.82 Å². The van der Waals surface area contributed by atoms with Gasteiger partial charge in [0.05, 0.1) is 34.4 Å². The molecule has 0 spiro atoms. The van der Waals surface area contributed by atoms with E-state index in [1.54, 1.807) is 0 Å². The molecule has 0 amide bonds. The van der Waals surface area contributed by atoms with Crippen LogP contribution in [0.25, 0.3) is 0 Å². The number of unbranched alkanes of at least 4 members (excludes halogenated alkanes) is 23. The molecule has 0 aliphatic carbocycles. The Balaban J connectivity index is 4.17. The maximum absolute atomic E-state index is 12.8. The number of allylic oxidation sites excluding steroid dienone is 10. The normalized spacial score (nSPS) is 14.1. The van der Waals surface area contributed by atoms with Crippen LogP contribution in [0.1, 0.15) is 213 Å². The fourth-order valence-corrected chi connectivity index (χ4v) is 7.67. The quantitative estimate of drug-likeness (QED) is 0.0214. The summed E-state index contributed by atoms with van der Waals surface area (Å²) in [4.78, 5) is 23.0. The summed E-state index contributed by atoms with van der Waals surface area (Å²) in [6.45, 7) is 5.52. The van der Waals surface area contributed by atoms with E-state index in [4.69, 9.17) is 18.5 Å². The molecule has 0 bridgehead atoms. The summed E-state index contributed by atoms with van der Waals surface area (Å²) in [5.74, 6) is -0.323. The number of phosphoric ester groups is 1. The van der Waals surface area contributed by atoms with Gasteiger partial charge in [-0.3, -0.25) is 13.8 Å². The molecule has 0 saturated carbocycles. The molecule has 0 aromatic rings. The number of likely N-dealkylation sites (N-methyl/N-ethyl adjacent to an activating group) is 1. The van der Waals surface area contributed by atoms with E-state index < -0.39 is 13.9 Å². The lowest BCUT2D eigenvalue weighted by Gasteiger charge is -2.24. The number of nitrogens with zero attached hydrogens (tertiary/aromatic N) is 1. The molecule has 0 heterocycles. The minimum atomic E-state index is -4.28. The molecule has 0 aromatic heterocycles. The molecule has 0 fully saturated rings. The minimum absolute atomic E-state index is 0.0852. The highest BCUT2D eigenvalue weighted by molar-refractivity contribution is 7.47. The van der Waals surface area contributed by atoms with Gasteiger partial charge in [0.25, 0.3) is 0 Å². The zero-order chi connectivity index (χ0) is 45.5. The van der Waals surface area contributed by atoms with Gasteiger partial charge in [0.2, 0.25) is 0 Å². The lowest BCUT2D eigenvalue weighted by Crippen LogP contribution is -2.37. The molecule has 0 aliphatic rings. The van der Waals surface area contributed by atoms with Gasteiger partial charge in [0.15, 0.2) is 0 Å². The lowest BCUT2D eigenvalue weighted by atomic mass is 10.0. The van der Waals surface area contributed by atoms with Crippen molar-refractivity contribution in [3.63, 3.8) is 0 Å². The van der Waals surface area contributed by atoms with E-state index >= 15 is 0 Å². The number of quaternary nitrogens is 1. The van der Waals surface area contributed by atoms with Crippen LogP contribution in [0.4, 0.5) is 0 Å². The molecule has 0 saturated heterocycles. The number of esters is 1. The Morgan fingerprint density at radius 2 is 0.935 bits per heavy atom. The van der Waals surface area contributed by atoms with Crippen LogP contribution in [0.15, 0.2) is 60.8 Å². The number of rotatable bonds is 47. The predicted molar refractivity (Wildman–Crippen MR) is 266 cm³/mol. The average molecular weight is 893 g/mol. The highest BCUT2D eigenvalue weighted by Gasteiger charge is 2.26. The molecule has 8 nitrogen and oxygen atoms in total. The fraction of sp³-hybridized carbons (Fsp3) is 0.792. The molecule has 62 heavy (non-hydrogen) atoms. The van der Waals surface area contributed by atoms with Crippen LogP contribution in [-0.2, 0) is 27.9 Å². The average Bonchev–Trinajstić information content (AvgIpc) is 3.23. The second kappa shape index (κ2) is 45.8. The Morgan fingerprint density at radius 1 is 0.516 bits per heavy atom. The van der Waals surface area contributed by atoms with E-state index in [9.17, 15) is 14.3 Å². The van der Waals surface area contributed by atoms with Gasteiger partial charge in [-0.2, -0.15) is 0 Å². The van der Waals surface area contributed by atoms with Crippen LogP contribution in [0.5, 0.6) is 0 Å². The first-order valence-electron chi connectivity index (χ1n) is 25.5. The third kappa shape index (κ3) is 49.2. The molecular formula is C53H99NO7P+. The summed E-state index contributed by atoms with van der Waals surface area (Å²) in [5.41, 5.74) is 0. The number of hydrogen-bond acceptors (Lipinski definition) is 6.